The second-order valence-corrected chi connectivity index (χ2v) is 8.97. The van der Waals surface area contributed by atoms with Gasteiger partial charge in [-0.3, -0.25) is 4.79 Å². The van der Waals surface area contributed by atoms with Gasteiger partial charge in [0, 0.05) is 31.6 Å². The Morgan fingerprint density at radius 2 is 1.96 bits per heavy atom. The minimum absolute atomic E-state index is 0.173. The summed E-state index contributed by atoms with van der Waals surface area (Å²) in [7, 11) is -3.57. The second-order valence-electron chi connectivity index (χ2n) is 7.04. The SMILES string of the molecule is Cc1noc(CCCNC(=O)c2cc(S(=O)(=O)N3CCCCC3)ccc2C)n1. The van der Waals surface area contributed by atoms with E-state index in [1.165, 1.54) is 10.4 Å². The van der Waals surface area contributed by atoms with Crippen molar-refractivity contribution < 1.29 is 17.7 Å². The Kier molecular flexibility index (Phi) is 6.46. The van der Waals surface area contributed by atoms with Crippen LogP contribution in [0.4, 0.5) is 0 Å². The fraction of sp³-hybridized carbons (Fsp3) is 0.526. The molecule has 28 heavy (non-hydrogen) atoms. The maximum atomic E-state index is 12.9. The van der Waals surface area contributed by atoms with Crippen molar-refractivity contribution in [2.75, 3.05) is 19.6 Å². The molecule has 9 heteroatoms. The summed E-state index contributed by atoms with van der Waals surface area (Å²) in [5.74, 6) is 0.842. The predicted octanol–water partition coefficient (Wildman–Crippen LogP) is 2.22. The number of nitrogens with one attached hydrogen (secondary N) is 1. The number of hydrogen-bond acceptors (Lipinski definition) is 6. The molecule has 0 aliphatic carbocycles. The minimum Gasteiger partial charge on any atom is -0.352 e. The van der Waals surface area contributed by atoms with Gasteiger partial charge in [0.2, 0.25) is 15.9 Å². The highest BCUT2D eigenvalue weighted by Crippen LogP contribution is 2.22. The summed E-state index contributed by atoms with van der Waals surface area (Å²) in [6, 6.07) is 4.75. The van der Waals surface area contributed by atoms with Crippen LogP contribution in [0.2, 0.25) is 0 Å². The first kappa shape index (κ1) is 20.5. The van der Waals surface area contributed by atoms with Crippen LogP contribution in [0.15, 0.2) is 27.6 Å². The maximum Gasteiger partial charge on any atom is 0.251 e. The van der Waals surface area contributed by atoms with E-state index in [2.05, 4.69) is 15.5 Å². The zero-order valence-electron chi connectivity index (χ0n) is 16.3. The van der Waals surface area contributed by atoms with Crippen molar-refractivity contribution in [3.63, 3.8) is 0 Å². The first-order valence-electron chi connectivity index (χ1n) is 9.56. The summed E-state index contributed by atoms with van der Waals surface area (Å²) in [4.78, 5) is 16.9. The Labute approximate surface area is 165 Å². The normalized spacial score (nSPS) is 15.5. The van der Waals surface area contributed by atoms with Crippen molar-refractivity contribution in [3.05, 3.63) is 41.0 Å². The largest absolute Gasteiger partial charge is 0.352 e. The number of benzene rings is 1. The number of sulfonamides is 1. The number of aryl methyl sites for hydroxylation is 3. The van der Waals surface area contributed by atoms with Gasteiger partial charge in [0.15, 0.2) is 5.82 Å². The number of aromatic nitrogens is 2. The lowest BCUT2D eigenvalue weighted by Crippen LogP contribution is -2.35. The standard InChI is InChI=1S/C19H26N4O4S/c1-14-8-9-16(28(25,26)23-11-4-3-5-12-23)13-17(14)19(24)20-10-6-7-18-21-15(2)22-27-18/h8-9,13H,3-7,10-12H2,1-2H3,(H,20,24). The average molecular weight is 407 g/mol. The van der Waals surface area contributed by atoms with Gasteiger partial charge < -0.3 is 9.84 Å². The van der Waals surface area contributed by atoms with Gasteiger partial charge in [0.05, 0.1) is 4.90 Å². The molecule has 1 aromatic carbocycles. The Bertz CT molecular complexity index is 933. The van der Waals surface area contributed by atoms with Crippen molar-refractivity contribution in [3.8, 4) is 0 Å². The lowest BCUT2D eigenvalue weighted by molar-refractivity contribution is 0.0952. The predicted molar refractivity (Wildman–Crippen MR) is 103 cm³/mol. The van der Waals surface area contributed by atoms with Crippen LogP contribution in [-0.4, -0.2) is 48.4 Å². The number of carbonyl (C=O) groups excluding carboxylic acids is 1. The van der Waals surface area contributed by atoms with Gasteiger partial charge in [-0.1, -0.05) is 17.6 Å². The van der Waals surface area contributed by atoms with Crippen LogP contribution >= 0.6 is 0 Å². The van der Waals surface area contributed by atoms with Gasteiger partial charge in [0.1, 0.15) is 0 Å². The second kappa shape index (κ2) is 8.83. The molecule has 1 saturated heterocycles. The summed E-state index contributed by atoms with van der Waals surface area (Å²) < 4.78 is 32.3. The highest BCUT2D eigenvalue weighted by molar-refractivity contribution is 7.89. The lowest BCUT2D eigenvalue weighted by Gasteiger charge is -2.26. The monoisotopic (exact) mass is 406 g/mol. The number of carbonyl (C=O) groups is 1. The van der Waals surface area contributed by atoms with Gasteiger partial charge in [-0.05, 0) is 50.8 Å². The van der Waals surface area contributed by atoms with Gasteiger partial charge in [-0.15, -0.1) is 0 Å². The van der Waals surface area contributed by atoms with Crippen molar-refractivity contribution in [2.45, 2.75) is 50.8 Å². The van der Waals surface area contributed by atoms with Crippen LogP contribution in [0, 0.1) is 13.8 Å². The number of nitrogens with zero attached hydrogens (tertiary/aromatic N) is 3. The molecule has 152 valence electrons. The average Bonchev–Trinajstić information content (AvgIpc) is 3.11. The summed E-state index contributed by atoms with van der Waals surface area (Å²) in [5.41, 5.74) is 1.12. The van der Waals surface area contributed by atoms with Crippen molar-refractivity contribution in [1.29, 1.82) is 0 Å². The summed E-state index contributed by atoms with van der Waals surface area (Å²) in [5, 5.41) is 6.56. The number of piperidine rings is 1. The highest BCUT2D eigenvalue weighted by atomic mass is 32.2. The Morgan fingerprint density at radius 1 is 1.21 bits per heavy atom. The minimum atomic E-state index is -3.57. The van der Waals surface area contributed by atoms with E-state index in [1.807, 2.05) is 0 Å². The smallest absolute Gasteiger partial charge is 0.251 e. The van der Waals surface area contributed by atoms with Gasteiger partial charge in [-0.25, -0.2) is 8.42 Å². The molecule has 1 aliphatic heterocycles. The molecule has 3 rings (SSSR count). The van der Waals surface area contributed by atoms with E-state index >= 15 is 0 Å². The fourth-order valence-corrected chi connectivity index (χ4v) is 4.78. The van der Waals surface area contributed by atoms with Gasteiger partial charge in [0.25, 0.3) is 5.91 Å². The van der Waals surface area contributed by atoms with Crippen LogP contribution in [0.5, 0.6) is 0 Å². The van der Waals surface area contributed by atoms with E-state index in [1.54, 1.807) is 26.0 Å². The molecule has 0 bridgehead atoms. The molecule has 0 atom stereocenters. The summed E-state index contributed by atoms with van der Waals surface area (Å²) >= 11 is 0. The molecule has 1 aromatic heterocycles. The molecule has 0 spiro atoms. The topological polar surface area (TPSA) is 105 Å². The Balaban J connectivity index is 1.64. The first-order chi connectivity index (χ1) is 13.4. The van der Waals surface area contributed by atoms with E-state index in [-0.39, 0.29) is 10.8 Å². The molecule has 1 amide bonds. The van der Waals surface area contributed by atoms with Crippen molar-refractivity contribution in [2.24, 2.45) is 0 Å². The third kappa shape index (κ3) is 4.77. The van der Waals surface area contributed by atoms with Crippen LogP contribution in [0.3, 0.4) is 0 Å². The molecule has 0 unspecified atom stereocenters. The molecular weight excluding hydrogens is 380 g/mol. The number of hydrogen-bond donors (Lipinski definition) is 1. The highest BCUT2D eigenvalue weighted by Gasteiger charge is 2.27. The molecule has 1 aliphatic rings. The molecule has 0 saturated carbocycles. The van der Waals surface area contributed by atoms with Crippen LogP contribution in [-0.2, 0) is 16.4 Å². The quantitative estimate of drug-likeness (QED) is 0.707. The zero-order valence-corrected chi connectivity index (χ0v) is 17.1. The number of amides is 1. The van der Waals surface area contributed by atoms with Crippen LogP contribution in [0.25, 0.3) is 0 Å². The fourth-order valence-electron chi connectivity index (χ4n) is 3.24. The molecular formula is C19H26N4O4S. The van der Waals surface area contributed by atoms with Gasteiger partial charge >= 0.3 is 0 Å². The van der Waals surface area contributed by atoms with E-state index in [0.29, 0.717) is 49.8 Å². The van der Waals surface area contributed by atoms with Crippen molar-refractivity contribution in [1.82, 2.24) is 19.8 Å². The molecule has 0 radical (unpaired) electrons. The van der Waals surface area contributed by atoms with Crippen molar-refractivity contribution >= 4 is 15.9 Å². The maximum absolute atomic E-state index is 12.9. The van der Waals surface area contributed by atoms with E-state index in [0.717, 1.165) is 24.8 Å². The van der Waals surface area contributed by atoms with Gasteiger partial charge in [-0.2, -0.15) is 9.29 Å². The summed E-state index contributed by atoms with van der Waals surface area (Å²) in [6.07, 6.45) is 4.02. The zero-order chi connectivity index (χ0) is 20.1. The number of rotatable bonds is 7. The lowest BCUT2D eigenvalue weighted by atomic mass is 10.1. The van der Waals surface area contributed by atoms with E-state index in [4.69, 9.17) is 4.52 Å². The Hall–Kier alpha value is -2.26. The third-order valence-corrected chi connectivity index (χ3v) is 6.72. The van der Waals surface area contributed by atoms with Crippen LogP contribution in [0.1, 0.15) is 53.3 Å². The van der Waals surface area contributed by atoms with E-state index < -0.39 is 10.0 Å². The Morgan fingerprint density at radius 3 is 2.64 bits per heavy atom. The van der Waals surface area contributed by atoms with E-state index in [9.17, 15) is 13.2 Å². The molecule has 2 aromatic rings. The molecule has 1 N–H and O–H groups in total. The molecule has 2 heterocycles. The summed E-state index contributed by atoms with van der Waals surface area (Å²) in [6.45, 7) is 5.05. The third-order valence-electron chi connectivity index (χ3n) is 4.83. The molecule has 8 nitrogen and oxygen atoms in total. The first-order valence-corrected chi connectivity index (χ1v) is 11.0. The molecule has 1 fully saturated rings. The van der Waals surface area contributed by atoms with Crippen LogP contribution < -0.4 is 5.32 Å².